The number of nitriles is 1. The number of carbonyl (C=O) groups excluding carboxylic acids is 1. The highest BCUT2D eigenvalue weighted by molar-refractivity contribution is 5.90. The fourth-order valence-electron chi connectivity index (χ4n) is 2.83. The number of hydrogen-bond acceptors (Lipinski definition) is 5. The largest absolute Gasteiger partial charge is 0.497 e. The van der Waals surface area contributed by atoms with Gasteiger partial charge in [0.1, 0.15) is 11.8 Å². The van der Waals surface area contributed by atoms with Gasteiger partial charge >= 0.3 is 5.97 Å². The number of anilines is 1. The maximum absolute atomic E-state index is 12.6. The summed E-state index contributed by atoms with van der Waals surface area (Å²) in [5.41, 5.74) is -0.413. The quantitative estimate of drug-likeness (QED) is 0.725. The van der Waals surface area contributed by atoms with Crippen molar-refractivity contribution in [1.29, 1.82) is 5.26 Å². The van der Waals surface area contributed by atoms with Crippen LogP contribution in [0.4, 0.5) is 5.69 Å². The first-order valence-corrected chi connectivity index (χ1v) is 7.64. The second-order valence-electron chi connectivity index (χ2n) is 5.32. The van der Waals surface area contributed by atoms with Crippen LogP contribution in [0.5, 0.6) is 5.75 Å². The van der Waals surface area contributed by atoms with E-state index in [-0.39, 0.29) is 12.5 Å². The SMILES string of the molecule is CCOC(=O)C(C#N)(C1CC1)N(CC)c1ccc(OC)cc1. The molecule has 22 heavy (non-hydrogen) atoms. The van der Waals surface area contributed by atoms with Crippen LogP contribution >= 0.6 is 0 Å². The molecule has 0 spiro atoms. The summed E-state index contributed by atoms with van der Waals surface area (Å²) in [6, 6.07) is 9.67. The van der Waals surface area contributed by atoms with Crippen molar-refractivity contribution in [3.05, 3.63) is 24.3 Å². The Bertz CT molecular complexity index is 560. The van der Waals surface area contributed by atoms with Crippen molar-refractivity contribution in [2.45, 2.75) is 32.2 Å². The van der Waals surface area contributed by atoms with Crippen LogP contribution in [0.2, 0.25) is 0 Å². The molecule has 5 nitrogen and oxygen atoms in total. The van der Waals surface area contributed by atoms with Crippen LogP contribution in [0.1, 0.15) is 26.7 Å². The average molecular weight is 302 g/mol. The fourth-order valence-corrected chi connectivity index (χ4v) is 2.83. The third-order valence-electron chi connectivity index (χ3n) is 4.05. The highest BCUT2D eigenvalue weighted by Gasteiger charge is 2.56. The first kappa shape index (κ1) is 16.2. The lowest BCUT2D eigenvalue weighted by atomic mass is 9.91. The van der Waals surface area contributed by atoms with E-state index in [0.717, 1.165) is 24.3 Å². The van der Waals surface area contributed by atoms with Gasteiger partial charge in [-0.2, -0.15) is 5.26 Å². The molecule has 1 aliphatic carbocycles. The third kappa shape index (κ3) is 2.74. The Morgan fingerprint density at radius 1 is 1.36 bits per heavy atom. The first-order valence-electron chi connectivity index (χ1n) is 7.64. The van der Waals surface area contributed by atoms with Crippen LogP contribution in [0.15, 0.2) is 24.3 Å². The lowest BCUT2D eigenvalue weighted by Gasteiger charge is -2.38. The van der Waals surface area contributed by atoms with Gasteiger partial charge < -0.3 is 14.4 Å². The van der Waals surface area contributed by atoms with Crippen LogP contribution in [0.25, 0.3) is 0 Å². The first-order chi connectivity index (χ1) is 10.6. The highest BCUT2D eigenvalue weighted by Crippen LogP contribution is 2.45. The molecule has 0 radical (unpaired) electrons. The zero-order valence-corrected chi connectivity index (χ0v) is 13.3. The number of nitrogens with zero attached hydrogens (tertiary/aromatic N) is 2. The number of methoxy groups -OCH3 is 1. The van der Waals surface area contributed by atoms with Gasteiger partial charge in [0.05, 0.1) is 13.7 Å². The van der Waals surface area contributed by atoms with E-state index >= 15 is 0 Å². The lowest BCUT2D eigenvalue weighted by Crippen LogP contribution is -2.56. The van der Waals surface area contributed by atoms with Crippen LogP contribution in [-0.4, -0.2) is 31.8 Å². The van der Waals surface area contributed by atoms with E-state index in [0.29, 0.717) is 6.54 Å². The molecule has 1 aliphatic rings. The Balaban J connectivity index is 2.42. The summed E-state index contributed by atoms with van der Waals surface area (Å²) in [5.74, 6) is 0.321. The molecule has 1 atom stereocenters. The molecule has 1 aromatic carbocycles. The smallest absolute Gasteiger partial charge is 0.347 e. The van der Waals surface area contributed by atoms with E-state index < -0.39 is 11.5 Å². The molecule has 2 rings (SSSR count). The van der Waals surface area contributed by atoms with E-state index in [1.807, 2.05) is 36.1 Å². The number of likely N-dealkylation sites (N-methyl/N-ethyl adjacent to an activating group) is 1. The summed E-state index contributed by atoms with van der Waals surface area (Å²) in [6.07, 6.45) is 1.75. The van der Waals surface area contributed by atoms with E-state index in [4.69, 9.17) is 9.47 Å². The normalized spacial score (nSPS) is 16.3. The molecular weight excluding hydrogens is 280 g/mol. The molecular formula is C17H22N2O3. The molecule has 1 fully saturated rings. The maximum Gasteiger partial charge on any atom is 0.347 e. The summed E-state index contributed by atoms with van der Waals surface area (Å²) in [5, 5.41) is 9.83. The standard InChI is InChI=1S/C17H22N2O3/c1-4-19(14-8-10-15(21-3)11-9-14)17(12-18,13-6-7-13)16(20)22-5-2/h8-11,13H,4-7H2,1-3H3. The van der Waals surface area contributed by atoms with Crippen LogP contribution in [-0.2, 0) is 9.53 Å². The van der Waals surface area contributed by atoms with E-state index in [2.05, 4.69) is 6.07 Å². The number of esters is 1. The number of rotatable bonds is 7. The van der Waals surface area contributed by atoms with Gasteiger partial charge in [0.2, 0.25) is 5.54 Å². The minimum atomic E-state index is -1.24. The van der Waals surface area contributed by atoms with Gasteiger partial charge in [0.15, 0.2) is 0 Å². The lowest BCUT2D eigenvalue weighted by molar-refractivity contribution is -0.148. The molecule has 118 valence electrons. The summed E-state index contributed by atoms with van der Waals surface area (Å²) >= 11 is 0. The predicted molar refractivity (Wildman–Crippen MR) is 83.7 cm³/mol. The summed E-state index contributed by atoms with van der Waals surface area (Å²) in [4.78, 5) is 14.4. The van der Waals surface area contributed by atoms with E-state index in [1.54, 1.807) is 14.0 Å². The Hall–Kier alpha value is -2.22. The van der Waals surface area contributed by atoms with Crippen molar-refractivity contribution in [3.63, 3.8) is 0 Å². The summed E-state index contributed by atoms with van der Waals surface area (Å²) in [7, 11) is 1.61. The molecule has 1 aromatic rings. The van der Waals surface area contributed by atoms with Gasteiger partial charge in [0, 0.05) is 18.2 Å². The van der Waals surface area contributed by atoms with Crippen LogP contribution in [0, 0.1) is 17.2 Å². The summed E-state index contributed by atoms with van der Waals surface area (Å²) in [6.45, 7) is 4.53. The second-order valence-corrected chi connectivity index (χ2v) is 5.32. The van der Waals surface area contributed by atoms with Crippen molar-refractivity contribution in [3.8, 4) is 11.8 Å². The van der Waals surface area contributed by atoms with Crippen molar-refractivity contribution < 1.29 is 14.3 Å². The van der Waals surface area contributed by atoms with Crippen LogP contribution in [0.3, 0.4) is 0 Å². The summed E-state index contributed by atoms with van der Waals surface area (Å²) < 4.78 is 10.4. The Kier molecular flexibility index (Phi) is 4.92. The van der Waals surface area contributed by atoms with Crippen molar-refractivity contribution >= 4 is 11.7 Å². The van der Waals surface area contributed by atoms with Gasteiger partial charge in [-0.15, -0.1) is 0 Å². The zero-order chi connectivity index (χ0) is 16.2. The molecule has 1 unspecified atom stereocenters. The van der Waals surface area contributed by atoms with Gasteiger partial charge in [-0.05, 0) is 51.0 Å². The van der Waals surface area contributed by atoms with E-state index in [1.165, 1.54) is 0 Å². The molecule has 0 N–H and O–H groups in total. The predicted octanol–water partition coefficient (Wildman–Crippen LogP) is 2.76. The molecule has 0 amide bonds. The minimum Gasteiger partial charge on any atom is -0.497 e. The Labute approximate surface area is 131 Å². The number of benzene rings is 1. The molecule has 0 saturated heterocycles. The molecule has 0 bridgehead atoms. The Morgan fingerprint density at radius 3 is 2.41 bits per heavy atom. The van der Waals surface area contributed by atoms with Crippen molar-refractivity contribution in [1.82, 2.24) is 0 Å². The van der Waals surface area contributed by atoms with Gasteiger partial charge in [-0.25, -0.2) is 4.79 Å². The molecule has 5 heteroatoms. The van der Waals surface area contributed by atoms with Gasteiger partial charge in [-0.3, -0.25) is 0 Å². The molecule has 0 heterocycles. The van der Waals surface area contributed by atoms with E-state index in [9.17, 15) is 10.1 Å². The maximum atomic E-state index is 12.6. The molecule has 1 saturated carbocycles. The number of hydrogen-bond donors (Lipinski definition) is 0. The number of carbonyl (C=O) groups is 1. The Morgan fingerprint density at radius 2 is 2.00 bits per heavy atom. The van der Waals surface area contributed by atoms with Crippen molar-refractivity contribution in [2.75, 3.05) is 25.2 Å². The molecule has 0 aromatic heterocycles. The minimum absolute atomic E-state index is 0.0265. The number of ether oxygens (including phenoxy) is 2. The zero-order valence-electron chi connectivity index (χ0n) is 13.3. The van der Waals surface area contributed by atoms with Crippen molar-refractivity contribution in [2.24, 2.45) is 5.92 Å². The third-order valence-corrected chi connectivity index (χ3v) is 4.05. The van der Waals surface area contributed by atoms with Gasteiger partial charge in [-0.1, -0.05) is 0 Å². The van der Waals surface area contributed by atoms with Crippen LogP contribution < -0.4 is 9.64 Å². The molecule has 0 aliphatic heterocycles. The highest BCUT2D eigenvalue weighted by atomic mass is 16.5. The van der Waals surface area contributed by atoms with Gasteiger partial charge in [0.25, 0.3) is 0 Å². The average Bonchev–Trinajstić information content (AvgIpc) is 3.38. The topological polar surface area (TPSA) is 62.6 Å². The second kappa shape index (κ2) is 6.69. The fraction of sp³-hybridized carbons (Fsp3) is 0.529. The monoisotopic (exact) mass is 302 g/mol.